The zero-order chi connectivity index (χ0) is 21.4. The first-order valence-corrected chi connectivity index (χ1v) is 9.33. The average molecular weight is 409 g/mol. The fraction of sp³-hybridized carbons (Fsp3) is 0.381. The SMILES string of the molecule is CCNC(=NCCc1cccc(OC)c1O)NC(C)c1cccc(C(F)(F)F)c1. The highest BCUT2D eigenvalue weighted by Gasteiger charge is 2.30. The molecule has 2 rings (SSSR count). The molecule has 0 spiro atoms. The van der Waals surface area contributed by atoms with Crippen LogP contribution in [0.25, 0.3) is 0 Å². The van der Waals surface area contributed by atoms with Crippen molar-refractivity contribution in [3.05, 3.63) is 59.2 Å². The summed E-state index contributed by atoms with van der Waals surface area (Å²) in [5.41, 5.74) is 0.532. The van der Waals surface area contributed by atoms with Crippen molar-refractivity contribution in [3.8, 4) is 11.5 Å². The van der Waals surface area contributed by atoms with E-state index in [2.05, 4.69) is 15.6 Å². The summed E-state index contributed by atoms with van der Waals surface area (Å²) in [7, 11) is 1.49. The fourth-order valence-electron chi connectivity index (χ4n) is 2.82. The Hall–Kier alpha value is -2.90. The van der Waals surface area contributed by atoms with Crippen LogP contribution >= 0.6 is 0 Å². The smallest absolute Gasteiger partial charge is 0.416 e. The number of aromatic hydroxyl groups is 1. The van der Waals surface area contributed by atoms with Gasteiger partial charge in [-0.3, -0.25) is 4.99 Å². The first-order valence-electron chi connectivity index (χ1n) is 9.33. The predicted molar refractivity (Wildman–Crippen MR) is 107 cm³/mol. The summed E-state index contributed by atoms with van der Waals surface area (Å²) < 4.78 is 43.9. The third-order valence-corrected chi connectivity index (χ3v) is 4.36. The number of halogens is 3. The number of methoxy groups -OCH3 is 1. The van der Waals surface area contributed by atoms with E-state index in [0.717, 1.165) is 12.1 Å². The molecule has 0 radical (unpaired) electrons. The molecule has 3 N–H and O–H groups in total. The molecule has 0 heterocycles. The van der Waals surface area contributed by atoms with E-state index in [1.54, 1.807) is 31.2 Å². The minimum absolute atomic E-state index is 0.0838. The van der Waals surface area contributed by atoms with Crippen molar-refractivity contribution in [2.45, 2.75) is 32.5 Å². The lowest BCUT2D eigenvalue weighted by molar-refractivity contribution is -0.137. The number of hydrogen-bond donors (Lipinski definition) is 3. The number of guanidine groups is 1. The van der Waals surface area contributed by atoms with Crippen molar-refractivity contribution in [1.82, 2.24) is 10.6 Å². The topological polar surface area (TPSA) is 65.9 Å². The first-order chi connectivity index (χ1) is 13.8. The van der Waals surface area contributed by atoms with Crippen LogP contribution in [-0.2, 0) is 12.6 Å². The molecule has 0 saturated heterocycles. The zero-order valence-electron chi connectivity index (χ0n) is 16.7. The lowest BCUT2D eigenvalue weighted by atomic mass is 10.1. The summed E-state index contributed by atoms with van der Waals surface area (Å²) in [4.78, 5) is 4.46. The number of alkyl halides is 3. The maximum Gasteiger partial charge on any atom is 0.416 e. The molecule has 158 valence electrons. The van der Waals surface area contributed by atoms with Crippen molar-refractivity contribution >= 4 is 5.96 Å². The lowest BCUT2D eigenvalue weighted by Gasteiger charge is -2.19. The highest BCUT2D eigenvalue weighted by atomic mass is 19.4. The number of ether oxygens (including phenoxy) is 1. The third-order valence-electron chi connectivity index (χ3n) is 4.36. The monoisotopic (exact) mass is 409 g/mol. The number of nitrogens with one attached hydrogen (secondary N) is 2. The number of hydrogen-bond acceptors (Lipinski definition) is 3. The Labute approximate surface area is 168 Å². The predicted octanol–water partition coefficient (Wildman–Crippen LogP) is 4.28. The van der Waals surface area contributed by atoms with E-state index in [-0.39, 0.29) is 11.8 Å². The van der Waals surface area contributed by atoms with Crippen LogP contribution in [0.1, 0.15) is 36.6 Å². The molecule has 0 saturated carbocycles. The molecular formula is C21H26F3N3O2. The van der Waals surface area contributed by atoms with E-state index < -0.39 is 11.7 Å². The zero-order valence-corrected chi connectivity index (χ0v) is 16.7. The Morgan fingerprint density at radius 1 is 1.21 bits per heavy atom. The van der Waals surface area contributed by atoms with Gasteiger partial charge in [-0.05, 0) is 49.6 Å². The summed E-state index contributed by atoms with van der Waals surface area (Å²) in [5.74, 6) is 0.968. The Morgan fingerprint density at radius 3 is 2.59 bits per heavy atom. The number of rotatable bonds is 7. The molecule has 0 aromatic heterocycles. The number of phenols is 1. The van der Waals surface area contributed by atoms with Crippen LogP contribution < -0.4 is 15.4 Å². The standard InChI is InChI=1S/C21H26F3N3O2/c1-4-25-20(26-12-11-15-7-6-10-18(29-3)19(15)28)27-14(2)16-8-5-9-17(13-16)21(22,23)24/h5-10,13-14,28H,4,11-12H2,1-3H3,(H2,25,26,27). The van der Waals surface area contributed by atoms with E-state index in [1.807, 2.05) is 6.92 Å². The van der Waals surface area contributed by atoms with Crippen LogP contribution in [0.3, 0.4) is 0 Å². The number of nitrogens with zero attached hydrogens (tertiary/aromatic N) is 1. The van der Waals surface area contributed by atoms with Crippen molar-refractivity contribution in [2.24, 2.45) is 4.99 Å². The number of aliphatic imine (C=N–C) groups is 1. The highest BCUT2D eigenvalue weighted by Crippen LogP contribution is 2.31. The quantitative estimate of drug-likeness (QED) is 0.472. The Bertz CT molecular complexity index is 838. The van der Waals surface area contributed by atoms with Crippen molar-refractivity contribution in [3.63, 3.8) is 0 Å². The van der Waals surface area contributed by atoms with Gasteiger partial charge in [0.2, 0.25) is 0 Å². The van der Waals surface area contributed by atoms with Crippen LogP contribution in [0.5, 0.6) is 11.5 Å². The van der Waals surface area contributed by atoms with Gasteiger partial charge in [-0.2, -0.15) is 13.2 Å². The van der Waals surface area contributed by atoms with Gasteiger partial charge in [0.05, 0.1) is 18.7 Å². The van der Waals surface area contributed by atoms with Gasteiger partial charge in [-0.15, -0.1) is 0 Å². The van der Waals surface area contributed by atoms with Gasteiger partial charge in [0.15, 0.2) is 17.5 Å². The maximum absolute atomic E-state index is 12.9. The van der Waals surface area contributed by atoms with Crippen molar-refractivity contribution < 1.29 is 23.0 Å². The molecular weight excluding hydrogens is 383 g/mol. The maximum atomic E-state index is 12.9. The summed E-state index contributed by atoms with van der Waals surface area (Å²) >= 11 is 0. The van der Waals surface area contributed by atoms with E-state index in [0.29, 0.717) is 42.3 Å². The van der Waals surface area contributed by atoms with E-state index in [1.165, 1.54) is 13.2 Å². The van der Waals surface area contributed by atoms with E-state index in [4.69, 9.17) is 4.74 Å². The molecule has 8 heteroatoms. The molecule has 0 amide bonds. The Balaban J connectivity index is 2.07. The molecule has 1 atom stereocenters. The number of phenolic OH excluding ortho intramolecular Hbond substituents is 1. The summed E-state index contributed by atoms with van der Waals surface area (Å²) in [5, 5.41) is 16.3. The lowest BCUT2D eigenvalue weighted by Crippen LogP contribution is -2.39. The molecule has 2 aromatic carbocycles. The summed E-state index contributed by atoms with van der Waals surface area (Å²) in [6.45, 7) is 4.66. The summed E-state index contributed by atoms with van der Waals surface area (Å²) in [6.07, 6.45) is -3.90. The molecule has 0 aliphatic carbocycles. The van der Waals surface area contributed by atoms with Crippen LogP contribution in [0.2, 0.25) is 0 Å². The van der Waals surface area contributed by atoms with Crippen LogP contribution in [0, 0.1) is 0 Å². The minimum atomic E-state index is -4.38. The van der Waals surface area contributed by atoms with E-state index in [9.17, 15) is 18.3 Å². The van der Waals surface area contributed by atoms with Crippen molar-refractivity contribution in [2.75, 3.05) is 20.2 Å². The van der Waals surface area contributed by atoms with Crippen LogP contribution in [0.4, 0.5) is 13.2 Å². The number of benzene rings is 2. The Kier molecular flexibility index (Phi) is 7.75. The molecule has 0 aliphatic heterocycles. The second-order valence-corrected chi connectivity index (χ2v) is 6.47. The third kappa shape index (κ3) is 6.30. The largest absolute Gasteiger partial charge is 0.504 e. The highest BCUT2D eigenvalue weighted by molar-refractivity contribution is 5.80. The normalized spacial score (nSPS) is 13.1. The molecule has 2 aromatic rings. The van der Waals surface area contributed by atoms with Crippen molar-refractivity contribution in [1.29, 1.82) is 0 Å². The van der Waals surface area contributed by atoms with Gasteiger partial charge in [0.1, 0.15) is 0 Å². The molecule has 1 unspecified atom stereocenters. The van der Waals surface area contributed by atoms with Crippen LogP contribution in [-0.4, -0.2) is 31.3 Å². The summed E-state index contributed by atoms with van der Waals surface area (Å²) in [6, 6.07) is 10.1. The Morgan fingerprint density at radius 2 is 1.93 bits per heavy atom. The van der Waals surface area contributed by atoms with Gasteiger partial charge in [0, 0.05) is 13.1 Å². The molecule has 0 bridgehead atoms. The van der Waals surface area contributed by atoms with Gasteiger partial charge in [-0.25, -0.2) is 0 Å². The molecule has 0 fully saturated rings. The van der Waals surface area contributed by atoms with Gasteiger partial charge in [0.25, 0.3) is 0 Å². The molecule has 0 aliphatic rings. The van der Waals surface area contributed by atoms with E-state index >= 15 is 0 Å². The second-order valence-electron chi connectivity index (χ2n) is 6.47. The fourth-order valence-corrected chi connectivity index (χ4v) is 2.82. The molecule has 5 nitrogen and oxygen atoms in total. The number of para-hydroxylation sites is 1. The van der Waals surface area contributed by atoms with Gasteiger partial charge in [-0.1, -0.05) is 24.3 Å². The van der Waals surface area contributed by atoms with Gasteiger partial charge >= 0.3 is 6.18 Å². The minimum Gasteiger partial charge on any atom is -0.504 e. The van der Waals surface area contributed by atoms with Gasteiger partial charge < -0.3 is 20.5 Å². The van der Waals surface area contributed by atoms with Crippen LogP contribution in [0.15, 0.2) is 47.5 Å². The second kappa shape index (κ2) is 10.0. The molecule has 29 heavy (non-hydrogen) atoms. The first kappa shape index (κ1) is 22.4. The average Bonchev–Trinajstić information content (AvgIpc) is 2.69.